The maximum Gasteiger partial charge on any atom is 0.264 e. The SMILES string of the molecule is O=c1cc(-c2cc[c-]cc2)c(-c2ccccc2)n[nH]1.[Y]. The van der Waals surface area contributed by atoms with E-state index in [0.29, 0.717) is 0 Å². The summed E-state index contributed by atoms with van der Waals surface area (Å²) in [5.41, 5.74) is 3.32. The monoisotopic (exact) mass is 336 g/mol. The summed E-state index contributed by atoms with van der Waals surface area (Å²) < 4.78 is 0. The van der Waals surface area contributed by atoms with Crippen LogP contribution in [0.15, 0.2) is 65.5 Å². The average Bonchev–Trinajstić information content (AvgIpc) is 2.49. The summed E-state index contributed by atoms with van der Waals surface area (Å²) in [5, 5.41) is 6.67. The van der Waals surface area contributed by atoms with Crippen LogP contribution in [0.1, 0.15) is 0 Å². The summed E-state index contributed by atoms with van der Waals surface area (Å²) in [4.78, 5) is 11.5. The smallest absolute Gasteiger partial charge is 0.264 e. The van der Waals surface area contributed by atoms with E-state index < -0.39 is 0 Å². The van der Waals surface area contributed by atoms with Crippen molar-refractivity contribution in [1.29, 1.82) is 0 Å². The third-order valence-electron chi connectivity index (χ3n) is 2.88. The Morgan fingerprint density at radius 1 is 0.950 bits per heavy atom. The molecule has 4 heteroatoms. The number of hydrogen-bond acceptors (Lipinski definition) is 2. The minimum absolute atomic E-state index is 0. The molecule has 0 atom stereocenters. The first-order valence-electron chi connectivity index (χ1n) is 5.96. The van der Waals surface area contributed by atoms with Crippen LogP contribution in [0.2, 0.25) is 0 Å². The molecule has 0 spiro atoms. The Morgan fingerprint density at radius 2 is 1.65 bits per heavy atom. The normalized spacial score (nSPS) is 9.80. The molecule has 1 N–H and O–H groups in total. The molecule has 3 aromatic rings. The van der Waals surface area contributed by atoms with Gasteiger partial charge in [0.1, 0.15) is 0 Å². The molecule has 0 saturated carbocycles. The average molecular weight is 336 g/mol. The molecule has 20 heavy (non-hydrogen) atoms. The number of aromatic nitrogens is 2. The zero-order valence-corrected chi connectivity index (χ0v) is 13.5. The molecule has 3 rings (SSSR count). The summed E-state index contributed by atoms with van der Waals surface area (Å²) >= 11 is 0. The molecular weight excluding hydrogens is 325 g/mol. The third-order valence-corrected chi connectivity index (χ3v) is 2.88. The van der Waals surface area contributed by atoms with Gasteiger partial charge in [-0.15, -0.1) is 5.56 Å². The van der Waals surface area contributed by atoms with Crippen LogP contribution in [0.3, 0.4) is 0 Å². The van der Waals surface area contributed by atoms with Gasteiger partial charge in [0.05, 0.1) is 5.69 Å². The molecule has 0 amide bonds. The van der Waals surface area contributed by atoms with Crippen molar-refractivity contribution >= 4 is 0 Å². The number of nitrogens with one attached hydrogen (secondary N) is 1. The summed E-state index contributed by atoms with van der Waals surface area (Å²) in [5.74, 6) is 0. The Morgan fingerprint density at radius 3 is 2.35 bits per heavy atom. The van der Waals surface area contributed by atoms with E-state index in [1.807, 2.05) is 54.6 Å². The van der Waals surface area contributed by atoms with Crippen LogP contribution in [0.4, 0.5) is 0 Å². The van der Waals surface area contributed by atoms with Crippen LogP contribution in [-0.2, 0) is 32.7 Å². The molecule has 0 aliphatic heterocycles. The maximum absolute atomic E-state index is 11.5. The van der Waals surface area contributed by atoms with Gasteiger partial charge in [-0.1, -0.05) is 30.3 Å². The Kier molecular flexibility index (Phi) is 4.99. The zero-order valence-electron chi connectivity index (χ0n) is 10.7. The minimum Gasteiger partial charge on any atom is -0.268 e. The molecule has 3 nitrogen and oxygen atoms in total. The van der Waals surface area contributed by atoms with Crippen molar-refractivity contribution in [2.45, 2.75) is 0 Å². The van der Waals surface area contributed by atoms with E-state index in [0.717, 1.165) is 22.4 Å². The molecule has 0 fully saturated rings. The van der Waals surface area contributed by atoms with Crippen LogP contribution in [0.25, 0.3) is 22.4 Å². The van der Waals surface area contributed by atoms with Gasteiger partial charge in [0.25, 0.3) is 5.56 Å². The fourth-order valence-corrected chi connectivity index (χ4v) is 2.01. The van der Waals surface area contributed by atoms with Gasteiger partial charge in [-0.25, -0.2) is 5.10 Å². The van der Waals surface area contributed by atoms with Gasteiger partial charge in [0.15, 0.2) is 0 Å². The van der Waals surface area contributed by atoms with E-state index in [1.54, 1.807) is 6.07 Å². The van der Waals surface area contributed by atoms with Crippen molar-refractivity contribution in [2.75, 3.05) is 0 Å². The molecule has 2 aromatic carbocycles. The molecule has 0 aliphatic rings. The number of rotatable bonds is 2. The van der Waals surface area contributed by atoms with Gasteiger partial charge in [-0.3, -0.25) is 4.79 Å². The van der Waals surface area contributed by atoms with Crippen molar-refractivity contribution in [2.24, 2.45) is 0 Å². The first kappa shape index (κ1) is 14.8. The van der Waals surface area contributed by atoms with Gasteiger partial charge in [0, 0.05) is 44.3 Å². The van der Waals surface area contributed by atoms with Crippen LogP contribution in [0.5, 0.6) is 0 Å². The fraction of sp³-hybridized carbons (Fsp3) is 0. The van der Waals surface area contributed by atoms with Crippen molar-refractivity contribution < 1.29 is 32.7 Å². The predicted octanol–water partition coefficient (Wildman–Crippen LogP) is 2.90. The minimum atomic E-state index is -0.206. The summed E-state index contributed by atoms with van der Waals surface area (Å²) in [6, 6.07) is 21.8. The second kappa shape index (κ2) is 6.73. The largest absolute Gasteiger partial charge is 0.268 e. The van der Waals surface area contributed by atoms with Gasteiger partial charge >= 0.3 is 0 Å². The number of benzene rings is 2. The molecule has 0 unspecified atom stereocenters. The first-order chi connectivity index (χ1) is 9.34. The topological polar surface area (TPSA) is 45.8 Å². The molecule has 1 heterocycles. The van der Waals surface area contributed by atoms with Crippen molar-refractivity contribution in [3.63, 3.8) is 0 Å². The van der Waals surface area contributed by atoms with Gasteiger partial charge in [-0.2, -0.15) is 35.4 Å². The molecule has 95 valence electrons. The van der Waals surface area contributed by atoms with Crippen molar-refractivity contribution in [3.05, 3.63) is 77.1 Å². The van der Waals surface area contributed by atoms with E-state index in [4.69, 9.17) is 0 Å². The molecular formula is C16H11N2OY-. The Bertz CT molecular complexity index is 739. The van der Waals surface area contributed by atoms with E-state index >= 15 is 0 Å². The van der Waals surface area contributed by atoms with Crippen LogP contribution in [0, 0.1) is 6.07 Å². The number of nitrogens with zero attached hydrogens (tertiary/aromatic N) is 1. The van der Waals surface area contributed by atoms with Gasteiger partial charge in [-0.05, 0) is 5.56 Å². The Hall–Kier alpha value is -1.58. The summed E-state index contributed by atoms with van der Waals surface area (Å²) in [6.07, 6.45) is 0. The Labute approximate surface area is 141 Å². The summed E-state index contributed by atoms with van der Waals surface area (Å²) in [7, 11) is 0. The van der Waals surface area contributed by atoms with Gasteiger partial charge < -0.3 is 0 Å². The number of H-pyrrole nitrogens is 1. The van der Waals surface area contributed by atoms with Crippen LogP contribution >= 0.6 is 0 Å². The second-order valence-corrected chi connectivity index (χ2v) is 4.15. The third kappa shape index (κ3) is 3.11. The van der Waals surface area contributed by atoms with E-state index in [-0.39, 0.29) is 38.3 Å². The Balaban J connectivity index is 0.00000147. The molecule has 0 bridgehead atoms. The molecule has 1 aromatic heterocycles. The number of hydrogen-bond donors (Lipinski definition) is 1. The van der Waals surface area contributed by atoms with E-state index in [9.17, 15) is 4.79 Å². The zero-order chi connectivity index (χ0) is 13.1. The first-order valence-corrected chi connectivity index (χ1v) is 5.96. The molecule has 0 saturated heterocycles. The fourth-order valence-electron chi connectivity index (χ4n) is 2.01. The van der Waals surface area contributed by atoms with E-state index in [2.05, 4.69) is 16.3 Å². The molecule has 0 aliphatic carbocycles. The second-order valence-electron chi connectivity index (χ2n) is 4.15. The predicted molar refractivity (Wildman–Crippen MR) is 74.6 cm³/mol. The van der Waals surface area contributed by atoms with E-state index in [1.165, 1.54) is 0 Å². The summed E-state index contributed by atoms with van der Waals surface area (Å²) in [6.45, 7) is 0. The maximum atomic E-state index is 11.5. The van der Waals surface area contributed by atoms with Crippen molar-refractivity contribution in [1.82, 2.24) is 10.2 Å². The van der Waals surface area contributed by atoms with Crippen molar-refractivity contribution in [3.8, 4) is 22.4 Å². The van der Waals surface area contributed by atoms with Gasteiger partial charge in [0.2, 0.25) is 0 Å². The van der Waals surface area contributed by atoms with Crippen LogP contribution in [-0.4, -0.2) is 10.2 Å². The quantitative estimate of drug-likeness (QED) is 0.732. The number of aromatic amines is 1. The van der Waals surface area contributed by atoms with Crippen LogP contribution < -0.4 is 5.56 Å². The standard InChI is InChI=1S/C16H11N2O.Y/c19-15-11-14(12-7-3-1-4-8-12)16(18-17-15)13-9-5-2-6-10-13;/h2-11H,(H,17,19);/q-1;. The molecule has 1 radical (unpaired) electrons.